The average molecular weight is 425 g/mol. The Bertz CT molecular complexity index is 1290. The minimum Gasteiger partial charge on any atom is -0.489 e. The highest BCUT2D eigenvalue weighted by Gasteiger charge is 2.17. The predicted molar refractivity (Wildman–Crippen MR) is 106 cm³/mol. The maximum atomic E-state index is 13.3. The summed E-state index contributed by atoms with van der Waals surface area (Å²) in [6.45, 7) is -0.0562. The molecule has 0 aliphatic carbocycles. The second kappa shape index (κ2) is 8.19. The van der Waals surface area contributed by atoms with Crippen molar-refractivity contribution >= 4 is 28.3 Å². The summed E-state index contributed by atoms with van der Waals surface area (Å²) in [5.74, 6) is -1.31. The number of ether oxygens (including phenoxy) is 1. The smallest absolute Gasteiger partial charge is 0.317 e. The van der Waals surface area contributed by atoms with Gasteiger partial charge in [0, 0.05) is 29.1 Å². The van der Waals surface area contributed by atoms with Crippen LogP contribution in [-0.2, 0) is 6.61 Å². The van der Waals surface area contributed by atoms with Gasteiger partial charge in [0.05, 0.1) is 10.4 Å². The van der Waals surface area contributed by atoms with Gasteiger partial charge in [0.1, 0.15) is 24.0 Å². The van der Waals surface area contributed by atoms with E-state index < -0.39 is 17.5 Å². The molecule has 0 bridgehead atoms. The highest BCUT2D eigenvalue weighted by Crippen LogP contribution is 2.26. The first-order valence-electron chi connectivity index (χ1n) is 9.02. The van der Waals surface area contributed by atoms with Crippen molar-refractivity contribution < 1.29 is 28.4 Å². The van der Waals surface area contributed by atoms with Crippen LogP contribution in [0.3, 0.4) is 0 Å². The minimum atomic E-state index is -0.695. The van der Waals surface area contributed by atoms with Gasteiger partial charge in [0.2, 0.25) is 0 Å². The molecule has 4 aromatic rings. The normalized spacial score (nSPS) is 10.8. The van der Waals surface area contributed by atoms with Gasteiger partial charge in [-0.15, -0.1) is 0 Å². The lowest BCUT2D eigenvalue weighted by Gasteiger charge is -2.07. The van der Waals surface area contributed by atoms with Crippen molar-refractivity contribution in [3.8, 4) is 5.75 Å². The molecule has 1 aromatic heterocycles. The molecular weight excluding hydrogens is 410 g/mol. The van der Waals surface area contributed by atoms with Gasteiger partial charge in [-0.1, -0.05) is 6.07 Å². The van der Waals surface area contributed by atoms with Crippen molar-refractivity contribution in [3.05, 3.63) is 88.3 Å². The Morgan fingerprint density at radius 2 is 1.87 bits per heavy atom. The predicted octanol–water partition coefficient (Wildman–Crippen LogP) is 4.47. The topological polar surface area (TPSA) is 107 Å². The summed E-state index contributed by atoms with van der Waals surface area (Å²) >= 11 is 0. The summed E-state index contributed by atoms with van der Waals surface area (Å²) in [6.07, 6.45) is 0. The van der Waals surface area contributed by atoms with Crippen molar-refractivity contribution in [2.75, 3.05) is 5.32 Å². The second-order valence-corrected chi connectivity index (χ2v) is 6.62. The summed E-state index contributed by atoms with van der Waals surface area (Å²) in [5, 5.41) is 19.0. The number of rotatable bonds is 6. The molecule has 1 amide bonds. The number of benzene rings is 3. The van der Waals surface area contributed by atoms with Gasteiger partial charge in [-0.05, 0) is 42.0 Å². The SMILES string of the molecule is O=C(Nc1n[nH]c2ccc(OCc3cc(F)cc(F)c3)cc12)c1cccc([N+](=O)O)c1. The molecule has 0 radical (unpaired) electrons. The zero-order valence-corrected chi connectivity index (χ0v) is 15.8. The van der Waals surface area contributed by atoms with Crippen LogP contribution in [0, 0.1) is 16.5 Å². The van der Waals surface area contributed by atoms with Crippen LogP contribution in [0.2, 0.25) is 0 Å². The minimum absolute atomic E-state index is 0.0562. The quantitative estimate of drug-likeness (QED) is 0.395. The Kier molecular flexibility index (Phi) is 5.27. The van der Waals surface area contributed by atoms with Crippen molar-refractivity contribution in [1.82, 2.24) is 10.2 Å². The number of nitrogens with zero attached hydrogens (tertiary/aromatic N) is 2. The number of H-pyrrole nitrogens is 1. The molecule has 0 saturated carbocycles. The molecule has 0 spiro atoms. The van der Waals surface area contributed by atoms with E-state index in [1.54, 1.807) is 18.2 Å². The van der Waals surface area contributed by atoms with E-state index in [1.807, 2.05) is 0 Å². The van der Waals surface area contributed by atoms with E-state index in [2.05, 4.69) is 15.5 Å². The van der Waals surface area contributed by atoms with Gasteiger partial charge in [0.15, 0.2) is 5.82 Å². The summed E-state index contributed by atoms with van der Waals surface area (Å²) in [6, 6.07) is 13.6. The zero-order chi connectivity index (χ0) is 22.0. The Morgan fingerprint density at radius 1 is 1.10 bits per heavy atom. The molecule has 1 heterocycles. The Morgan fingerprint density at radius 3 is 2.61 bits per heavy atom. The number of halogens is 2. The first kappa shape index (κ1) is 20.0. The molecule has 10 heteroatoms. The molecule has 31 heavy (non-hydrogen) atoms. The Labute approximate surface area is 173 Å². The van der Waals surface area contributed by atoms with E-state index in [0.717, 1.165) is 6.07 Å². The highest BCUT2D eigenvalue weighted by atomic mass is 19.1. The second-order valence-electron chi connectivity index (χ2n) is 6.62. The highest BCUT2D eigenvalue weighted by molar-refractivity contribution is 6.08. The van der Waals surface area contributed by atoms with Crippen LogP contribution in [0.4, 0.5) is 20.3 Å². The number of carbonyl (C=O) groups is 1. The van der Waals surface area contributed by atoms with E-state index >= 15 is 0 Å². The molecule has 3 N–H and O–H groups in total. The molecule has 0 saturated heterocycles. The van der Waals surface area contributed by atoms with E-state index in [9.17, 15) is 18.5 Å². The van der Waals surface area contributed by atoms with Gasteiger partial charge in [-0.25, -0.2) is 14.0 Å². The summed E-state index contributed by atoms with van der Waals surface area (Å²) in [4.78, 5) is 23.2. The van der Waals surface area contributed by atoms with Gasteiger partial charge in [0.25, 0.3) is 10.8 Å². The number of hydrogen-bond donors (Lipinski definition) is 3. The van der Waals surface area contributed by atoms with Crippen molar-refractivity contribution in [1.29, 1.82) is 0 Å². The fourth-order valence-corrected chi connectivity index (χ4v) is 2.98. The molecule has 0 unspecified atom stereocenters. The molecule has 0 fully saturated rings. The third-order valence-electron chi connectivity index (χ3n) is 4.42. The number of amides is 1. The molecule has 0 aliphatic rings. The number of nitrogens with one attached hydrogen (secondary N) is 2. The van der Waals surface area contributed by atoms with Crippen molar-refractivity contribution in [2.24, 2.45) is 0 Å². The summed E-state index contributed by atoms with van der Waals surface area (Å²) in [5.41, 5.74) is 0.997. The summed E-state index contributed by atoms with van der Waals surface area (Å²) < 4.78 is 32.3. The van der Waals surface area contributed by atoms with E-state index in [0.29, 0.717) is 22.2 Å². The molecule has 0 aliphatic heterocycles. The van der Waals surface area contributed by atoms with Crippen LogP contribution in [-0.4, -0.2) is 26.2 Å². The Hall–Kier alpha value is -4.34. The number of anilines is 1. The van der Waals surface area contributed by atoms with Crippen LogP contribution in [0.25, 0.3) is 10.9 Å². The zero-order valence-electron chi connectivity index (χ0n) is 15.8. The Balaban J connectivity index is 1.53. The molecule has 3 aromatic carbocycles. The molecule has 8 nitrogen and oxygen atoms in total. The van der Waals surface area contributed by atoms with Crippen LogP contribution in [0.1, 0.15) is 15.9 Å². The van der Waals surface area contributed by atoms with Crippen molar-refractivity contribution in [2.45, 2.75) is 6.61 Å². The molecule has 156 valence electrons. The first-order chi connectivity index (χ1) is 14.9. The molecular formula is C21H15F2N4O4+. The lowest BCUT2D eigenvalue weighted by atomic mass is 10.2. The molecule has 4 rings (SSSR count). The third kappa shape index (κ3) is 4.47. The van der Waals surface area contributed by atoms with Gasteiger partial charge in [-0.3, -0.25) is 9.89 Å². The van der Waals surface area contributed by atoms with Gasteiger partial charge in [-0.2, -0.15) is 5.10 Å². The summed E-state index contributed by atoms with van der Waals surface area (Å²) in [7, 11) is 0. The fraction of sp³-hybridized carbons (Fsp3) is 0.0476. The van der Waals surface area contributed by atoms with Crippen molar-refractivity contribution in [3.63, 3.8) is 0 Å². The van der Waals surface area contributed by atoms with E-state index in [4.69, 9.17) is 9.94 Å². The maximum Gasteiger partial charge on any atom is 0.317 e. The largest absolute Gasteiger partial charge is 0.489 e. The number of fused-ring (bicyclic) bond motifs is 1. The van der Waals surface area contributed by atoms with Crippen LogP contribution < -0.4 is 10.1 Å². The number of aromatic amines is 1. The lowest BCUT2D eigenvalue weighted by Crippen LogP contribution is -2.12. The standard InChI is InChI=1S/C21H14F2N4O4/c22-14-6-12(7-15(23)9-14)11-31-17-4-5-19-18(10-17)20(26-25-19)24-21(28)13-2-1-3-16(8-13)27(29)30/h1-10H,11H2,(H2-,24,25,26,28,29,30)/p+1. The maximum absolute atomic E-state index is 13.3. The van der Waals surface area contributed by atoms with Crippen LogP contribution >= 0.6 is 0 Å². The monoisotopic (exact) mass is 425 g/mol. The number of aromatic nitrogens is 2. The molecule has 0 atom stereocenters. The lowest BCUT2D eigenvalue weighted by molar-refractivity contribution is -0.729. The van der Waals surface area contributed by atoms with Gasteiger partial charge < -0.3 is 10.1 Å². The fourth-order valence-electron chi connectivity index (χ4n) is 2.98. The van der Waals surface area contributed by atoms with Crippen LogP contribution in [0.15, 0.2) is 60.7 Å². The van der Waals surface area contributed by atoms with E-state index in [1.165, 1.54) is 36.4 Å². The van der Waals surface area contributed by atoms with Gasteiger partial charge >= 0.3 is 5.69 Å². The number of carbonyl (C=O) groups excluding carboxylic acids is 1. The van der Waals surface area contributed by atoms with Crippen LogP contribution in [0.5, 0.6) is 5.75 Å². The number of hydrogen-bond acceptors (Lipinski definition) is 4. The van der Waals surface area contributed by atoms with E-state index in [-0.39, 0.29) is 28.6 Å². The first-order valence-corrected chi connectivity index (χ1v) is 9.02. The average Bonchev–Trinajstić information content (AvgIpc) is 3.13. The third-order valence-corrected chi connectivity index (χ3v) is 4.42.